The maximum atomic E-state index is 10.8. The molecule has 2 aromatic rings. The number of nitrogens with zero attached hydrogens (tertiary/aromatic N) is 2. The van der Waals surface area contributed by atoms with Crippen molar-refractivity contribution in [3.63, 3.8) is 0 Å². The van der Waals surface area contributed by atoms with Gasteiger partial charge < -0.3 is 5.32 Å². The second-order valence-electron chi connectivity index (χ2n) is 3.51. The van der Waals surface area contributed by atoms with Crippen molar-refractivity contribution >= 4 is 22.7 Å². The lowest BCUT2D eigenvalue weighted by molar-refractivity contribution is -0.384. The summed E-state index contributed by atoms with van der Waals surface area (Å²) in [5.41, 5.74) is 1.57. The number of aromatic nitrogens is 1. The molecule has 0 saturated carbocycles. The van der Waals surface area contributed by atoms with Gasteiger partial charge in [-0.15, -0.1) is 11.3 Å². The van der Waals surface area contributed by atoms with Crippen LogP contribution >= 0.6 is 11.3 Å². The monoisotopic (exact) mass is 249 g/mol. The Labute approximate surface area is 102 Å². The molecule has 88 valence electrons. The number of nitro benzene ring substituents is 1. The maximum Gasteiger partial charge on any atom is 0.292 e. The Balaban J connectivity index is 2.11. The highest BCUT2D eigenvalue weighted by Crippen LogP contribution is 2.24. The van der Waals surface area contributed by atoms with Gasteiger partial charge in [0.2, 0.25) is 0 Å². The number of thiazole rings is 1. The third kappa shape index (κ3) is 2.79. The molecule has 0 aliphatic rings. The maximum absolute atomic E-state index is 10.8. The number of aryl methyl sites for hydroxylation is 1. The number of hydrogen-bond donors (Lipinski definition) is 1. The van der Waals surface area contributed by atoms with Crippen molar-refractivity contribution in [2.24, 2.45) is 0 Å². The predicted molar refractivity (Wildman–Crippen MR) is 67.3 cm³/mol. The molecule has 1 aromatic heterocycles. The van der Waals surface area contributed by atoms with E-state index in [-0.39, 0.29) is 5.69 Å². The standard InChI is InChI=1S/C11H11N3O2S/c1-8-7-17-11(13-8)6-12-9-4-2-3-5-10(9)14(15)16/h2-5,7,12H,6H2,1H3. The molecule has 0 unspecified atom stereocenters. The van der Waals surface area contributed by atoms with Crippen molar-refractivity contribution in [2.75, 3.05) is 5.32 Å². The number of hydrogen-bond acceptors (Lipinski definition) is 5. The first-order chi connectivity index (χ1) is 8.16. The predicted octanol–water partition coefficient (Wildman–Crippen LogP) is 2.97. The Morgan fingerprint density at radius 1 is 1.47 bits per heavy atom. The molecule has 5 nitrogen and oxygen atoms in total. The Morgan fingerprint density at radius 2 is 2.24 bits per heavy atom. The van der Waals surface area contributed by atoms with E-state index in [1.165, 1.54) is 17.4 Å². The summed E-state index contributed by atoms with van der Waals surface area (Å²) in [6.45, 7) is 2.42. The normalized spacial score (nSPS) is 10.2. The molecule has 6 heteroatoms. The van der Waals surface area contributed by atoms with Crippen molar-refractivity contribution < 1.29 is 4.92 Å². The summed E-state index contributed by atoms with van der Waals surface area (Å²) < 4.78 is 0. The van der Waals surface area contributed by atoms with Crippen molar-refractivity contribution in [3.8, 4) is 0 Å². The number of para-hydroxylation sites is 2. The molecular weight excluding hydrogens is 238 g/mol. The molecule has 0 spiro atoms. The number of nitrogens with one attached hydrogen (secondary N) is 1. The summed E-state index contributed by atoms with van der Waals surface area (Å²) in [7, 11) is 0. The average Bonchev–Trinajstić information content (AvgIpc) is 2.73. The highest BCUT2D eigenvalue weighted by molar-refractivity contribution is 7.09. The second kappa shape index (κ2) is 4.92. The van der Waals surface area contributed by atoms with Gasteiger partial charge in [0.15, 0.2) is 0 Å². The lowest BCUT2D eigenvalue weighted by Crippen LogP contribution is -2.02. The molecule has 0 radical (unpaired) electrons. The zero-order valence-corrected chi connectivity index (χ0v) is 10.0. The van der Waals surface area contributed by atoms with Gasteiger partial charge in [0.25, 0.3) is 5.69 Å². The summed E-state index contributed by atoms with van der Waals surface area (Å²) in [6, 6.07) is 6.59. The van der Waals surface area contributed by atoms with E-state index >= 15 is 0 Å². The van der Waals surface area contributed by atoms with Gasteiger partial charge in [-0.25, -0.2) is 4.98 Å². The van der Waals surface area contributed by atoms with Gasteiger partial charge in [0.05, 0.1) is 11.5 Å². The first-order valence-corrected chi connectivity index (χ1v) is 5.93. The minimum atomic E-state index is -0.393. The number of nitro groups is 1. The van der Waals surface area contributed by atoms with Crippen LogP contribution < -0.4 is 5.32 Å². The Kier molecular flexibility index (Phi) is 3.34. The molecule has 0 fully saturated rings. The van der Waals surface area contributed by atoms with Crippen LogP contribution in [-0.2, 0) is 6.54 Å². The fraction of sp³-hybridized carbons (Fsp3) is 0.182. The number of anilines is 1. The van der Waals surface area contributed by atoms with Crippen molar-refractivity contribution in [3.05, 3.63) is 50.5 Å². The highest BCUT2D eigenvalue weighted by Gasteiger charge is 2.11. The minimum Gasteiger partial charge on any atom is -0.373 e. The lowest BCUT2D eigenvalue weighted by atomic mass is 10.2. The third-order valence-corrected chi connectivity index (χ3v) is 3.16. The minimum absolute atomic E-state index is 0.0841. The van der Waals surface area contributed by atoms with Crippen LogP contribution in [0, 0.1) is 17.0 Å². The SMILES string of the molecule is Cc1csc(CNc2ccccc2[N+](=O)[O-])n1. The van der Waals surface area contributed by atoms with Crippen LogP contribution in [-0.4, -0.2) is 9.91 Å². The molecule has 0 atom stereocenters. The Bertz CT molecular complexity index is 539. The van der Waals surface area contributed by atoms with Crippen LogP contribution in [0.15, 0.2) is 29.6 Å². The number of rotatable bonds is 4. The molecule has 0 aliphatic heterocycles. The van der Waals surface area contributed by atoms with E-state index in [2.05, 4.69) is 10.3 Å². The van der Waals surface area contributed by atoms with Gasteiger partial charge >= 0.3 is 0 Å². The van der Waals surface area contributed by atoms with Crippen LogP contribution in [0.25, 0.3) is 0 Å². The van der Waals surface area contributed by atoms with Crippen LogP contribution in [0.1, 0.15) is 10.7 Å². The van der Waals surface area contributed by atoms with Gasteiger partial charge in [-0.05, 0) is 13.0 Å². The average molecular weight is 249 g/mol. The Morgan fingerprint density at radius 3 is 2.88 bits per heavy atom. The molecule has 1 aromatic carbocycles. The smallest absolute Gasteiger partial charge is 0.292 e. The molecule has 0 amide bonds. The van der Waals surface area contributed by atoms with Crippen molar-refractivity contribution in [1.29, 1.82) is 0 Å². The lowest BCUT2D eigenvalue weighted by Gasteiger charge is -2.04. The van der Waals surface area contributed by atoms with Gasteiger partial charge in [0, 0.05) is 17.1 Å². The summed E-state index contributed by atoms with van der Waals surface area (Å²) in [6.07, 6.45) is 0. The molecule has 0 bridgehead atoms. The number of benzene rings is 1. The highest BCUT2D eigenvalue weighted by atomic mass is 32.1. The van der Waals surface area contributed by atoms with Gasteiger partial charge in [-0.3, -0.25) is 10.1 Å². The quantitative estimate of drug-likeness (QED) is 0.668. The molecule has 2 rings (SSSR count). The van der Waals surface area contributed by atoms with Crippen molar-refractivity contribution in [1.82, 2.24) is 4.98 Å². The van der Waals surface area contributed by atoms with Crippen LogP contribution in [0.4, 0.5) is 11.4 Å². The topological polar surface area (TPSA) is 68.1 Å². The summed E-state index contributed by atoms with van der Waals surface area (Å²) in [4.78, 5) is 14.7. The van der Waals surface area contributed by atoms with Crippen molar-refractivity contribution in [2.45, 2.75) is 13.5 Å². The molecule has 1 heterocycles. The first kappa shape index (κ1) is 11.5. The molecule has 0 aliphatic carbocycles. The van der Waals surface area contributed by atoms with Gasteiger partial charge in [-0.2, -0.15) is 0 Å². The Hall–Kier alpha value is -1.95. The van der Waals surface area contributed by atoms with E-state index in [1.54, 1.807) is 18.2 Å². The van der Waals surface area contributed by atoms with Crippen LogP contribution in [0.2, 0.25) is 0 Å². The summed E-state index contributed by atoms with van der Waals surface area (Å²) in [5, 5.41) is 16.7. The van der Waals surface area contributed by atoms with Gasteiger partial charge in [0.1, 0.15) is 10.7 Å². The fourth-order valence-corrected chi connectivity index (χ4v) is 2.15. The van der Waals surface area contributed by atoms with E-state index in [0.29, 0.717) is 12.2 Å². The van der Waals surface area contributed by atoms with E-state index < -0.39 is 4.92 Å². The zero-order chi connectivity index (χ0) is 12.3. The fourth-order valence-electron chi connectivity index (χ4n) is 1.44. The zero-order valence-electron chi connectivity index (χ0n) is 9.21. The van der Waals surface area contributed by atoms with E-state index in [4.69, 9.17) is 0 Å². The van der Waals surface area contributed by atoms with Gasteiger partial charge in [-0.1, -0.05) is 12.1 Å². The van der Waals surface area contributed by atoms with E-state index in [9.17, 15) is 10.1 Å². The molecule has 17 heavy (non-hydrogen) atoms. The largest absolute Gasteiger partial charge is 0.373 e. The van der Waals surface area contributed by atoms with E-state index in [0.717, 1.165) is 10.7 Å². The third-order valence-electron chi connectivity index (χ3n) is 2.20. The molecule has 0 saturated heterocycles. The first-order valence-electron chi connectivity index (χ1n) is 5.05. The van der Waals surface area contributed by atoms with Crippen LogP contribution in [0.3, 0.4) is 0 Å². The summed E-state index contributed by atoms with van der Waals surface area (Å²) >= 11 is 1.54. The van der Waals surface area contributed by atoms with Crippen LogP contribution in [0.5, 0.6) is 0 Å². The van der Waals surface area contributed by atoms with E-state index in [1.807, 2.05) is 12.3 Å². The molecular formula is C11H11N3O2S. The molecule has 1 N–H and O–H groups in total. The second-order valence-corrected chi connectivity index (χ2v) is 4.45. The summed E-state index contributed by atoms with van der Waals surface area (Å²) in [5.74, 6) is 0.